The van der Waals surface area contributed by atoms with Crippen molar-refractivity contribution >= 4 is 57.0 Å². The van der Waals surface area contributed by atoms with E-state index in [9.17, 15) is 34.8 Å². The standard InChI is InChI=1S/C22H19IN2O7/c23-25-21(31)17-13(26)8-12-5-1-3-10-7-11-4-2-6-24-18(11)19(29)16(10)14(27)9-15(28)22(12,32)20(17)30/h2,4,6-7,9,12,27,29-30,32H,1,3,5,8H2,(H,25,31)/t12-,22+/m1/s1. The lowest BCUT2D eigenvalue weighted by molar-refractivity contribution is -0.142. The number of nitrogens with one attached hydrogen (secondary N) is 1. The number of aliphatic hydroxyl groups excluding tert-OH is 2. The van der Waals surface area contributed by atoms with Crippen LogP contribution >= 0.6 is 22.9 Å². The fourth-order valence-electron chi connectivity index (χ4n) is 4.49. The van der Waals surface area contributed by atoms with Crippen molar-refractivity contribution in [3.8, 4) is 5.75 Å². The molecule has 0 bridgehead atoms. The fraction of sp³-hybridized carbons (Fsp3) is 0.273. The molecule has 1 amide bonds. The van der Waals surface area contributed by atoms with Gasteiger partial charge in [-0.3, -0.25) is 22.9 Å². The smallest absolute Gasteiger partial charge is 0.267 e. The minimum Gasteiger partial charge on any atom is -0.508 e. The zero-order valence-corrected chi connectivity index (χ0v) is 18.8. The summed E-state index contributed by atoms with van der Waals surface area (Å²) < 4.78 is 2.18. The lowest BCUT2D eigenvalue weighted by Crippen LogP contribution is -2.52. The van der Waals surface area contributed by atoms with E-state index in [0.717, 1.165) is 0 Å². The molecule has 166 valence electrons. The summed E-state index contributed by atoms with van der Waals surface area (Å²) in [6.45, 7) is 0. The van der Waals surface area contributed by atoms with E-state index in [0.29, 0.717) is 29.9 Å². The van der Waals surface area contributed by atoms with Gasteiger partial charge in [-0.1, -0.05) is 6.07 Å². The molecule has 0 aliphatic heterocycles. The number of halogens is 1. The lowest BCUT2D eigenvalue weighted by Gasteiger charge is -2.38. The lowest BCUT2D eigenvalue weighted by atomic mass is 9.69. The van der Waals surface area contributed by atoms with Crippen LogP contribution in [0.5, 0.6) is 5.75 Å². The first-order valence-electron chi connectivity index (χ1n) is 9.85. The molecule has 0 spiro atoms. The number of hydrogen-bond donors (Lipinski definition) is 5. The number of carbonyl (C=O) groups excluding carboxylic acids is 3. The Morgan fingerprint density at radius 1 is 1.25 bits per heavy atom. The van der Waals surface area contributed by atoms with E-state index >= 15 is 0 Å². The summed E-state index contributed by atoms with van der Waals surface area (Å²) in [7, 11) is 0. The topological polar surface area (TPSA) is 157 Å². The van der Waals surface area contributed by atoms with E-state index in [-0.39, 0.29) is 29.7 Å². The molecule has 0 radical (unpaired) electrons. The number of nitrogens with zero attached hydrogens (tertiary/aromatic N) is 1. The van der Waals surface area contributed by atoms with Crippen LogP contribution < -0.4 is 3.53 Å². The van der Waals surface area contributed by atoms with Gasteiger partial charge in [-0.25, -0.2) is 0 Å². The van der Waals surface area contributed by atoms with Crippen molar-refractivity contribution in [2.24, 2.45) is 5.92 Å². The van der Waals surface area contributed by atoms with E-state index in [2.05, 4.69) is 8.51 Å². The summed E-state index contributed by atoms with van der Waals surface area (Å²) in [6.07, 6.45) is 2.77. The van der Waals surface area contributed by atoms with E-state index in [1.165, 1.54) is 29.1 Å². The molecule has 2 aromatic rings. The van der Waals surface area contributed by atoms with E-state index < -0.39 is 46.1 Å². The Balaban J connectivity index is 1.92. The van der Waals surface area contributed by atoms with Crippen LogP contribution in [0.25, 0.3) is 16.7 Å². The van der Waals surface area contributed by atoms with Gasteiger partial charge in [0.15, 0.2) is 22.9 Å². The molecular formula is C22H19IN2O7. The quantitative estimate of drug-likeness (QED) is 0.206. The Hall–Kier alpha value is -2.99. The SMILES string of the molecule is O=C1C[C@H]2CCCc3cc4cccnc4c(O)c3C(O)=CC(=O)[C@]2(O)C(O)=C1C(=O)NI. The summed E-state index contributed by atoms with van der Waals surface area (Å²) in [5.74, 6) is -5.67. The van der Waals surface area contributed by atoms with Gasteiger partial charge in [0.2, 0.25) is 0 Å². The number of Topliss-reactive ketones (excluding diaryl/α,β-unsaturated/α-hetero) is 1. The van der Waals surface area contributed by atoms with Crippen molar-refractivity contribution < 1.29 is 34.8 Å². The van der Waals surface area contributed by atoms with Crippen LogP contribution in [0.1, 0.15) is 30.4 Å². The highest BCUT2D eigenvalue weighted by Gasteiger charge is 2.53. The van der Waals surface area contributed by atoms with Crippen LogP contribution in [0.4, 0.5) is 0 Å². The molecule has 9 nitrogen and oxygen atoms in total. The molecule has 2 atom stereocenters. The van der Waals surface area contributed by atoms with Crippen LogP contribution in [-0.4, -0.2) is 48.5 Å². The van der Waals surface area contributed by atoms with Gasteiger partial charge in [0, 0.05) is 30.0 Å². The number of aliphatic hydroxyl groups is 3. The largest absolute Gasteiger partial charge is 0.508 e. The van der Waals surface area contributed by atoms with E-state index in [1.807, 2.05) is 0 Å². The summed E-state index contributed by atoms with van der Waals surface area (Å²) in [5, 5.41) is 44.1. The monoisotopic (exact) mass is 550 g/mol. The predicted molar refractivity (Wildman–Crippen MR) is 122 cm³/mol. The zero-order valence-electron chi connectivity index (χ0n) is 16.6. The summed E-state index contributed by atoms with van der Waals surface area (Å²) in [4.78, 5) is 41.9. The molecule has 32 heavy (non-hydrogen) atoms. The maximum atomic E-state index is 13.1. The third kappa shape index (κ3) is 3.34. The van der Waals surface area contributed by atoms with Crippen molar-refractivity contribution in [2.75, 3.05) is 0 Å². The highest BCUT2D eigenvalue weighted by molar-refractivity contribution is 14.1. The first-order chi connectivity index (χ1) is 15.2. The number of aromatic nitrogens is 1. The minimum absolute atomic E-state index is 0.00665. The molecule has 0 saturated carbocycles. The number of fused-ring (bicyclic) bond motifs is 3. The van der Waals surface area contributed by atoms with Crippen LogP contribution in [0.2, 0.25) is 0 Å². The Kier molecular flexibility index (Phi) is 5.67. The van der Waals surface area contributed by atoms with Gasteiger partial charge in [-0.15, -0.1) is 0 Å². The highest BCUT2D eigenvalue weighted by atomic mass is 127. The molecule has 5 N–H and O–H groups in total. The van der Waals surface area contributed by atoms with Gasteiger partial charge in [-0.05, 0) is 37.0 Å². The van der Waals surface area contributed by atoms with E-state index in [4.69, 9.17) is 0 Å². The molecular weight excluding hydrogens is 531 g/mol. The molecule has 0 saturated heterocycles. The van der Waals surface area contributed by atoms with Crippen molar-refractivity contribution in [3.63, 3.8) is 0 Å². The van der Waals surface area contributed by atoms with Crippen LogP contribution in [0.15, 0.2) is 41.8 Å². The zero-order chi connectivity index (χ0) is 23.2. The third-order valence-corrected chi connectivity index (χ3v) is 6.55. The molecule has 0 unspecified atom stereocenters. The van der Waals surface area contributed by atoms with Gasteiger partial charge in [0.1, 0.15) is 22.6 Å². The van der Waals surface area contributed by atoms with Crippen LogP contribution in [0, 0.1) is 5.92 Å². The summed E-state index contributed by atoms with van der Waals surface area (Å²) in [5.41, 5.74) is -2.44. The van der Waals surface area contributed by atoms with Crippen molar-refractivity contribution in [1.82, 2.24) is 8.51 Å². The third-order valence-electron chi connectivity index (χ3n) is 6.06. The Labute approximate surface area is 196 Å². The van der Waals surface area contributed by atoms with Gasteiger partial charge in [0.25, 0.3) is 5.91 Å². The minimum atomic E-state index is -2.57. The molecule has 1 aromatic heterocycles. The first kappa shape index (κ1) is 22.2. The first-order valence-corrected chi connectivity index (χ1v) is 10.9. The highest BCUT2D eigenvalue weighted by Crippen LogP contribution is 2.42. The normalized spacial score (nSPS) is 23.9. The number of amides is 1. The fourth-order valence-corrected chi connectivity index (χ4v) is 4.76. The Morgan fingerprint density at radius 2 is 2.00 bits per heavy atom. The van der Waals surface area contributed by atoms with Gasteiger partial charge in [0.05, 0.1) is 28.4 Å². The number of hydrogen-bond acceptors (Lipinski definition) is 8. The Morgan fingerprint density at radius 3 is 2.72 bits per heavy atom. The van der Waals surface area contributed by atoms with Gasteiger partial charge < -0.3 is 20.4 Å². The molecule has 10 heteroatoms. The Bertz CT molecular complexity index is 1240. The number of phenols is 1. The maximum Gasteiger partial charge on any atom is 0.267 e. The second-order valence-electron chi connectivity index (χ2n) is 7.86. The van der Waals surface area contributed by atoms with Crippen LogP contribution in [-0.2, 0) is 20.8 Å². The van der Waals surface area contributed by atoms with E-state index in [1.54, 1.807) is 18.2 Å². The summed E-state index contributed by atoms with van der Waals surface area (Å²) >= 11 is 1.48. The number of rotatable bonds is 1. The average Bonchev–Trinajstić information content (AvgIpc) is 2.76. The van der Waals surface area contributed by atoms with Crippen molar-refractivity contribution in [2.45, 2.75) is 31.3 Å². The molecule has 2 aliphatic rings. The number of aryl methyl sites for hydroxylation is 1. The number of pyridine rings is 1. The van der Waals surface area contributed by atoms with Crippen molar-refractivity contribution in [1.29, 1.82) is 0 Å². The van der Waals surface area contributed by atoms with Crippen LogP contribution in [0.3, 0.4) is 0 Å². The predicted octanol–water partition coefficient (Wildman–Crippen LogP) is 2.34. The molecule has 0 fully saturated rings. The number of ketones is 2. The average molecular weight is 550 g/mol. The molecule has 4 rings (SSSR count). The van der Waals surface area contributed by atoms with Crippen molar-refractivity contribution in [3.05, 3.63) is 52.9 Å². The number of benzene rings is 1. The molecule has 2 aliphatic carbocycles. The molecule has 1 heterocycles. The maximum absolute atomic E-state index is 13.1. The second kappa shape index (κ2) is 8.17. The van der Waals surface area contributed by atoms with Gasteiger partial charge >= 0.3 is 0 Å². The second-order valence-corrected chi connectivity index (χ2v) is 8.40. The number of carbonyl (C=O) groups is 3. The summed E-state index contributed by atoms with van der Waals surface area (Å²) in [6, 6.07) is 5.22. The number of phenolic OH excluding ortho intramolecular Hbond substituents is 1. The van der Waals surface area contributed by atoms with Gasteiger partial charge in [-0.2, -0.15) is 0 Å². The molecule has 1 aromatic carbocycles. The number of aromatic hydroxyl groups is 1.